The zero-order valence-electron chi connectivity index (χ0n) is 13.8. The van der Waals surface area contributed by atoms with Crippen molar-refractivity contribution < 1.29 is 9.21 Å². The van der Waals surface area contributed by atoms with Crippen molar-refractivity contribution in [3.8, 4) is 0 Å². The summed E-state index contributed by atoms with van der Waals surface area (Å²) in [6, 6.07) is 8.92. The lowest BCUT2D eigenvalue weighted by Gasteiger charge is -2.14. The van der Waals surface area contributed by atoms with Crippen LogP contribution in [0.1, 0.15) is 46.5 Å². The molecule has 1 atom stereocenters. The van der Waals surface area contributed by atoms with Gasteiger partial charge in [-0.2, -0.15) is 4.80 Å². The van der Waals surface area contributed by atoms with E-state index in [1.54, 1.807) is 12.1 Å². The van der Waals surface area contributed by atoms with Gasteiger partial charge in [0.15, 0.2) is 12.2 Å². The van der Waals surface area contributed by atoms with Crippen LogP contribution in [0, 0.1) is 12.8 Å². The largest absolute Gasteiger partial charge is 0.448 e. The normalized spacial score (nSPS) is 15.1. The van der Waals surface area contributed by atoms with E-state index in [-0.39, 0.29) is 11.9 Å². The highest BCUT2D eigenvalue weighted by Gasteiger charge is 2.36. The number of oxazole rings is 1. The first-order chi connectivity index (χ1) is 12.2. The van der Waals surface area contributed by atoms with Crippen LogP contribution in [0.5, 0.6) is 0 Å². The van der Waals surface area contributed by atoms with Crippen LogP contribution in [0.4, 0.5) is 0 Å². The van der Waals surface area contributed by atoms with Crippen molar-refractivity contribution in [3.63, 3.8) is 0 Å². The van der Waals surface area contributed by atoms with Crippen molar-refractivity contribution in [2.45, 2.75) is 32.4 Å². The molecule has 1 saturated carbocycles. The maximum absolute atomic E-state index is 12.5. The first-order valence-electron chi connectivity index (χ1n) is 8.23. The third kappa shape index (κ3) is 3.42. The summed E-state index contributed by atoms with van der Waals surface area (Å²) >= 11 is 0. The number of tetrazole rings is 1. The van der Waals surface area contributed by atoms with Crippen LogP contribution in [0.25, 0.3) is 0 Å². The van der Waals surface area contributed by atoms with E-state index < -0.39 is 0 Å². The minimum atomic E-state index is -0.222. The summed E-state index contributed by atoms with van der Waals surface area (Å²) in [6.45, 7) is 2.23. The standard InChI is InChI=1S/C17H18N6O2/c1-11-14(18-10-25-11)9-23-21-16(20-22-23)15(12-7-8-12)19-17(24)13-5-3-2-4-6-13/h2-6,10,12,15H,7-9H2,1H3,(H,19,24)/t15-/m0/s1. The number of aryl methyl sites for hydroxylation is 1. The third-order valence-electron chi connectivity index (χ3n) is 4.30. The van der Waals surface area contributed by atoms with Gasteiger partial charge in [-0.1, -0.05) is 18.2 Å². The minimum absolute atomic E-state index is 0.124. The molecule has 0 spiro atoms. The number of rotatable bonds is 6. The Balaban J connectivity index is 1.50. The molecule has 2 aromatic heterocycles. The van der Waals surface area contributed by atoms with Crippen molar-refractivity contribution in [2.75, 3.05) is 0 Å². The SMILES string of the molecule is Cc1ocnc1Cn1nnc([C@@H](NC(=O)c2ccccc2)C2CC2)n1. The first-order valence-corrected chi connectivity index (χ1v) is 8.23. The molecule has 1 aliphatic carbocycles. The van der Waals surface area contributed by atoms with Crippen LogP contribution in [0.2, 0.25) is 0 Å². The molecule has 8 nitrogen and oxygen atoms in total. The Bertz CT molecular complexity index is 868. The molecule has 1 aromatic carbocycles. The predicted molar refractivity (Wildman–Crippen MR) is 87.5 cm³/mol. The molecule has 0 aliphatic heterocycles. The van der Waals surface area contributed by atoms with Crippen LogP contribution in [0.15, 0.2) is 41.1 Å². The lowest BCUT2D eigenvalue weighted by molar-refractivity contribution is 0.0929. The lowest BCUT2D eigenvalue weighted by Crippen LogP contribution is -2.30. The van der Waals surface area contributed by atoms with Crippen LogP contribution in [-0.2, 0) is 6.54 Å². The molecule has 1 amide bonds. The molecule has 0 unspecified atom stereocenters. The summed E-state index contributed by atoms with van der Waals surface area (Å²) in [5.74, 6) is 1.50. The molecule has 2 heterocycles. The van der Waals surface area contributed by atoms with E-state index in [1.165, 1.54) is 11.2 Å². The van der Waals surface area contributed by atoms with E-state index in [9.17, 15) is 4.79 Å². The molecule has 0 bridgehead atoms. The Morgan fingerprint density at radius 2 is 2.16 bits per heavy atom. The smallest absolute Gasteiger partial charge is 0.251 e. The van der Waals surface area contributed by atoms with E-state index >= 15 is 0 Å². The molecule has 0 radical (unpaired) electrons. The number of hydrogen-bond donors (Lipinski definition) is 1. The van der Waals surface area contributed by atoms with Gasteiger partial charge in [0.1, 0.15) is 18.0 Å². The second-order valence-electron chi connectivity index (χ2n) is 6.19. The molecular weight excluding hydrogens is 320 g/mol. The minimum Gasteiger partial charge on any atom is -0.448 e. The molecule has 128 valence electrons. The first kappa shape index (κ1) is 15.5. The number of hydrogen-bond acceptors (Lipinski definition) is 6. The van der Waals surface area contributed by atoms with Crippen molar-refractivity contribution >= 4 is 5.91 Å². The number of carbonyl (C=O) groups is 1. The highest BCUT2D eigenvalue weighted by molar-refractivity contribution is 5.94. The molecule has 1 aliphatic rings. The second kappa shape index (κ2) is 6.46. The molecule has 1 N–H and O–H groups in total. The van der Waals surface area contributed by atoms with Gasteiger partial charge in [0.05, 0.1) is 6.04 Å². The number of aromatic nitrogens is 5. The topological polar surface area (TPSA) is 98.7 Å². The average molecular weight is 338 g/mol. The van der Waals surface area contributed by atoms with Crippen molar-refractivity contribution in [1.82, 2.24) is 30.5 Å². The summed E-state index contributed by atoms with van der Waals surface area (Å²) in [5.41, 5.74) is 1.39. The van der Waals surface area contributed by atoms with Gasteiger partial charge in [0.25, 0.3) is 5.91 Å². The number of benzene rings is 1. The highest BCUT2D eigenvalue weighted by atomic mass is 16.3. The molecule has 0 saturated heterocycles. The van der Waals surface area contributed by atoms with E-state index in [0.717, 1.165) is 24.3 Å². The fourth-order valence-corrected chi connectivity index (χ4v) is 2.70. The van der Waals surface area contributed by atoms with Crippen LogP contribution in [-0.4, -0.2) is 31.1 Å². The van der Waals surface area contributed by atoms with Gasteiger partial charge in [-0.05, 0) is 43.0 Å². The van der Waals surface area contributed by atoms with Gasteiger partial charge < -0.3 is 9.73 Å². The van der Waals surface area contributed by atoms with Gasteiger partial charge in [-0.15, -0.1) is 10.2 Å². The second-order valence-corrected chi connectivity index (χ2v) is 6.19. The maximum atomic E-state index is 12.5. The maximum Gasteiger partial charge on any atom is 0.251 e. The summed E-state index contributed by atoms with van der Waals surface area (Å²) in [5, 5.41) is 15.7. The molecule has 1 fully saturated rings. The Morgan fingerprint density at radius 3 is 2.84 bits per heavy atom. The van der Waals surface area contributed by atoms with Gasteiger partial charge in [0.2, 0.25) is 0 Å². The molecule has 4 rings (SSSR count). The van der Waals surface area contributed by atoms with Crippen molar-refractivity contribution in [3.05, 3.63) is 59.6 Å². The summed E-state index contributed by atoms with van der Waals surface area (Å²) in [7, 11) is 0. The Hall–Kier alpha value is -3.03. The van der Waals surface area contributed by atoms with Gasteiger partial charge >= 0.3 is 0 Å². The lowest BCUT2D eigenvalue weighted by atomic mass is 10.1. The van der Waals surface area contributed by atoms with Crippen LogP contribution >= 0.6 is 0 Å². The third-order valence-corrected chi connectivity index (χ3v) is 4.30. The molecule has 3 aromatic rings. The van der Waals surface area contributed by atoms with Gasteiger partial charge in [-0.3, -0.25) is 4.79 Å². The van der Waals surface area contributed by atoms with E-state index in [2.05, 4.69) is 25.7 Å². The van der Waals surface area contributed by atoms with E-state index in [0.29, 0.717) is 23.9 Å². The molecule has 8 heteroatoms. The fraction of sp³-hybridized carbons (Fsp3) is 0.353. The van der Waals surface area contributed by atoms with Gasteiger partial charge in [0, 0.05) is 5.56 Å². The fourth-order valence-electron chi connectivity index (χ4n) is 2.70. The quantitative estimate of drug-likeness (QED) is 0.737. The molecular formula is C17H18N6O2. The summed E-state index contributed by atoms with van der Waals surface area (Å²) in [6.07, 6.45) is 3.50. The number of nitrogens with zero attached hydrogens (tertiary/aromatic N) is 5. The zero-order chi connectivity index (χ0) is 17.2. The number of carbonyl (C=O) groups excluding carboxylic acids is 1. The van der Waals surface area contributed by atoms with Crippen LogP contribution in [0.3, 0.4) is 0 Å². The zero-order valence-corrected chi connectivity index (χ0v) is 13.8. The van der Waals surface area contributed by atoms with Crippen LogP contribution < -0.4 is 5.32 Å². The molecule has 25 heavy (non-hydrogen) atoms. The van der Waals surface area contributed by atoms with E-state index in [4.69, 9.17) is 4.42 Å². The summed E-state index contributed by atoms with van der Waals surface area (Å²) in [4.78, 5) is 18.1. The Labute approximate surface area is 144 Å². The van der Waals surface area contributed by atoms with Crippen molar-refractivity contribution in [2.24, 2.45) is 5.92 Å². The monoisotopic (exact) mass is 338 g/mol. The Kier molecular flexibility index (Phi) is 4.01. The van der Waals surface area contributed by atoms with Gasteiger partial charge in [-0.25, -0.2) is 4.98 Å². The van der Waals surface area contributed by atoms with E-state index in [1.807, 2.05) is 25.1 Å². The average Bonchev–Trinajstić information content (AvgIpc) is 3.24. The number of nitrogens with one attached hydrogen (secondary N) is 1. The Morgan fingerprint density at radius 1 is 1.36 bits per heavy atom. The number of amides is 1. The highest BCUT2D eigenvalue weighted by Crippen LogP contribution is 2.39. The summed E-state index contributed by atoms with van der Waals surface area (Å²) < 4.78 is 5.18. The predicted octanol–water partition coefficient (Wildman–Crippen LogP) is 1.90. The van der Waals surface area contributed by atoms with Crippen molar-refractivity contribution in [1.29, 1.82) is 0 Å².